The fourth-order valence-electron chi connectivity index (χ4n) is 3.59. The van der Waals surface area contributed by atoms with E-state index in [1.54, 1.807) is 24.3 Å². The molecule has 0 radical (unpaired) electrons. The van der Waals surface area contributed by atoms with Crippen molar-refractivity contribution in [3.63, 3.8) is 0 Å². The van der Waals surface area contributed by atoms with Crippen LogP contribution in [-0.2, 0) is 6.18 Å². The number of hydrogen-bond donors (Lipinski definition) is 1. The van der Waals surface area contributed by atoms with E-state index in [-0.39, 0.29) is 30.2 Å². The molecule has 2 amide bonds. The summed E-state index contributed by atoms with van der Waals surface area (Å²) in [5.41, 5.74) is -0.772. The standard InChI is InChI=1S/C23H25F3N2O3/c1-15(2)27-21(29)16-9-11-18(12-10-16)31-14-17-6-5-13-28(17)22(30)19-7-3-4-8-20(19)23(24,25)26/h3-4,7-12,15,17H,5-6,13-14H2,1-2H3,(H,27,29)/t17-/m1/s1. The molecular formula is C23H25F3N2O3. The highest BCUT2D eigenvalue weighted by Crippen LogP contribution is 2.33. The van der Waals surface area contributed by atoms with Gasteiger partial charge in [0.1, 0.15) is 12.4 Å². The summed E-state index contributed by atoms with van der Waals surface area (Å²) < 4.78 is 45.7. The van der Waals surface area contributed by atoms with E-state index in [9.17, 15) is 22.8 Å². The van der Waals surface area contributed by atoms with Crippen molar-refractivity contribution >= 4 is 11.8 Å². The smallest absolute Gasteiger partial charge is 0.417 e. The van der Waals surface area contributed by atoms with Crippen LogP contribution in [0.25, 0.3) is 0 Å². The first-order chi connectivity index (χ1) is 14.7. The monoisotopic (exact) mass is 434 g/mol. The van der Waals surface area contributed by atoms with Crippen LogP contribution >= 0.6 is 0 Å². The second-order valence-electron chi connectivity index (χ2n) is 7.80. The molecule has 3 rings (SSSR count). The topological polar surface area (TPSA) is 58.6 Å². The van der Waals surface area contributed by atoms with Crippen molar-refractivity contribution in [3.8, 4) is 5.75 Å². The van der Waals surface area contributed by atoms with Crippen LogP contribution in [0.4, 0.5) is 13.2 Å². The minimum absolute atomic E-state index is 0.0248. The molecule has 0 spiro atoms. The normalized spacial score (nSPS) is 16.5. The van der Waals surface area contributed by atoms with Crippen LogP contribution in [-0.4, -0.2) is 41.9 Å². The molecule has 1 heterocycles. The van der Waals surface area contributed by atoms with E-state index in [1.165, 1.54) is 23.1 Å². The second-order valence-corrected chi connectivity index (χ2v) is 7.80. The van der Waals surface area contributed by atoms with E-state index >= 15 is 0 Å². The molecule has 1 aliphatic rings. The van der Waals surface area contributed by atoms with Gasteiger partial charge in [0.05, 0.1) is 17.2 Å². The highest BCUT2D eigenvalue weighted by atomic mass is 19.4. The molecule has 1 saturated heterocycles. The number of alkyl halides is 3. The summed E-state index contributed by atoms with van der Waals surface area (Å²) in [5.74, 6) is -0.298. The molecule has 0 aromatic heterocycles. The van der Waals surface area contributed by atoms with E-state index in [4.69, 9.17) is 4.74 Å². The van der Waals surface area contributed by atoms with Crippen LogP contribution in [0.15, 0.2) is 48.5 Å². The lowest BCUT2D eigenvalue weighted by Gasteiger charge is -2.26. The van der Waals surface area contributed by atoms with Gasteiger partial charge in [0, 0.05) is 18.2 Å². The van der Waals surface area contributed by atoms with Gasteiger partial charge in [0.25, 0.3) is 11.8 Å². The number of amides is 2. The summed E-state index contributed by atoms with van der Waals surface area (Å²) in [6, 6.07) is 11.2. The molecular weight excluding hydrogens is 409 g/mol. The average Bonchev–Trinajstić information content (AvgIpc) is 3.19. The maximum absolute atomic E-state index is 13.3. The number of likely N-dealkylation sites (tertiary alicyclic amines) is 1. The average molecular weight is 434 g/mol. The number of carbonyl (C=O) groups excluding carboxylic acids is 2. The number of nitrogens with one attached hydrogen (secondary N) is 1. The number of nitrogens with zero attached hydrogens (tertiary/aromatic N) is 1. The van der Waals surface area contributed by atoms with E-state index in [0.717, 1.165) is 6.07 Å². The second kappa shape index (κ2) is 9.41. The van der Waals surface area contributed by atoms with Gasteiger partial charge in [-0.1, -0.05) is 12.1 Å². The molecule has 1 N–H and O–H groups in total. The number of ether oxygens (including phenoxy) is 1. The number of carbonyl (C=O) groups is 2. The lowest BCUT2D eigenvalue weighted by Crippen LogP contribution is -2.39. The number of halogens is 3. The van der Waals surface area contributed by atoms with Crippen LogP contribution < -0.4 is 10.1 Å². The van der Waals surface area contributed by atoms with E-state index in [0.29, 0.717) is 30.7 Å². The quantitative estimate of drug-likeness (QED) is 0.727. The lowest BCUT2D eigenvalue weighted by atomic mass is 10.1. The first-order valence-electron chi connectivity index (χ1n) is 10.2. The Bertz CT molecular complexity index is 926. The predicted octanol–water partition coefficient (Wildman–Crippen LogP) is 4.53. The van der Waals surface area contributed by atoms with Gasteiger partial charge in [0.2, 0.25) is 0 Å². The zero-order chi connectivity index (χ0) is 22.6. The number of benzene rings is 2. The van der Waals surface area contributed by atoms with Gasteiger partial charge in [-0.25, -0.2) is 0 Å². The Morgan fingerprint density at radius 3 is 2.45 bits per heavy atom. The SMILES string of the molecule is CC(C)NC(=O)c1ccc(OC[C@H]2CCCN2C(=O)c2ccccc2C(F)(F)F)cc1. The molecule has 8 heteroatoms. The van der Waals surface area contributed by atoms with Crippen LogP contribution in [0.2, 0.25) is 0 Å². The molecule has 1 aliphatic heterocycles. The molecule has 31 heavy (non-hydrogen) atoms. The van der Waals surface area contributed by atoms with E-state index in [2.05, 4.69) is 5.32 Å². The summed E-state index contributed by atoms with van der Waals surface area (Å²) >= 11 is 0. The van der Waals surface area contributed by atoms with Crippen molar-refractivity contribution in [3.05, 3.63) is 65.2 Å². The third-order valence-electron chi connectivity index (χ3n) is 5.08. The molecule has 2 aromatic carbocycles. The Balaban J connectivity index is 1.66. The summed E-state index contributed by atoms with van der Waals surface area (Å²) in [6.45, 7) is 4.29. The zero-order valence-electron chi connectivity index (χ0n) is 17.4. The summed E-state index contributed by atoms with van der Waals surface area (Å²) in [5, 5.41) is 2.80. The number of rotatable bonds is 6. The number of hydrogen-bond acceptors (Lipinski definition) is 3. The van der Waals surface area contributed by atoms with Gasteiger partial charge in [-0.05, 0) is 63.1 Å². The summed E-state index contributed by atoms with van der Waals surface area (Å²) in [4.78, 5) is 26.3. The maximum Gasteiger partial charge on any atom is 0.417 e. The third kappa shape index (κ3) is 5.57. The van der Waals surface area contributed by atoms with Crippen molar-refractivity contribution < 1.29 is 27.5 Å². The molecule has 0 unspecified atom stereocenters. The van der Waals surface area contributed by atoms with Gasteiger partial charge in [-0.2, -0.15) is 13.2 Å². The molecule has 1 fully saturated rings. The van der Waals surface area contributed by atoms with Crippen molar-refractivity contribution in [1.82, 2.24) is 10.2 Å². The predicted molar refractivity (Wildman–Crippen MR) is 110 cm³/mol. The minimum atomic E-state index is -4.60. The van der Waals surface area contributed by atoms with Crippen molar-refractivity contribution in [1.29, 1.82) is 0 Å². The maximum atomic E-state index is 13.3. The Morgan fingerprint density at radius 2 is 1.81 bits per heavy atom. The molecule has 166 valence electrons. The molecule has 1 atom stereocenters. The Kier molecular flexibility index (Phi) is 6.87. The van der Waals surface area contributed by atoms with Crippen LogP contribution in [0.3, 0.4) is 0 Å². The molecule has 0 aliphatic carbocycles. The first kappa shape index (κ1) is 22.7. The molecule has 0 saturated carbocycles. The van der Waals surface area contributed by atoms with Crippen LogP contribution in [0.5, 0.6) is 5.75 Å². The highest BCUT2D eigenvalue weighted by molar-refractivity contribution is 5.96. The largest absolute Gasteiger partial charge is 0.491 e. The molecule has 0 bridgehead atoms. The Hall–Kier alpha value is -3.03. The van der Waals surface area contributed by atoms with Gasteiger partial charge in [-0.3, -0.25) is 9.59 Å². The fraction of sp³-hybridized carbons (Fsp3) is 0.391. The first-order valence-corrected chi connectivity index (χ1v) is 10.2. The van der Waals surface area contributed by atoms with Crippen molar-refractivity contribution in [2.75, 3.05) is 13.2 Å². The van der Waals surface area contributed by atoms with Gasteiger partial charge in [0.15, 0.2) is 0 Å². The van der Waals surface area contributed by atoms with Crippen LogP contribution in [0.1, 0.15) is 53.0 Å². The lowest BCUT2D eigenvalue weighted by molar-refractivity contribution is -0.138. The summed E-state index contributed by atoms with van der Waals surface area (Å²) in [6.07, 6.45) is -3.25. The Labute approximate surface area is 179 Å². The van der Waals surface area contributed by atoms with E-state index < -0.39 is 17.6 Å². The summed E-state index contributed by atoms with van der Waals surface area (Å²) in [7, 11) is 0. The van der Waals surface area contributed by atoms with Crippen molar-refractivity contribution in [2.24, 2.45) is 0 Å². The van der Waals surface area contributed by atoms with E-state index in [1.807, 2.05) is 13.8 Å². The third-order valence-corrected chi connectivity index (χ3v) is 5.08. The van der Waals surface area contributed by atoms with Crippen molar-refractivity contribution in [2.45, 2.75) is 44.9 Å². The van der Waals surface area contributed by atoms with Gasteiger partial charge < -0.3 is 15.0 Å². The fourth-order valence-corrected chi connectivity index (χ4v) is 3.59. The molecule has 5 nitrogen and oxygen atoms in total. The highest BCUT2D eigenvalue weighted by Gasteiger charge is 2.38. The molecule has 2 aromatic rings. The zero-order valence-corrected chi connectivity index (χ0v) is 17.4. The van der Waals surface area contributed by atoms with Gasteiger partial charge in [-0.15, -0.1) is 0 Å². The Morgan fingerprint density at radius 1 is 1.13 bits per heavy atom. The van der Waals surface area contributed by atoms with Gasteiger partial charge >= 0.3 is 6.18 Å². The minimum Gasteiger partial charge on any atom is -0.491 e. The van der Waals surface area contributed by atoms with Crippen LogP contribution in [0, 0.1) is 0 Å².